The fraction of sp³-hybridized carbons (Fsp3) is 0.436. The number of allylic oxidation sites excluding steroid dienone is 4. The quantitative estimate of drug-likeness (QED) is 0.193. The first-order chi connectivity index (χ1) is 19.5. The summed E-state index contributed by atoms with van der Waals surface area (Å²) in [5.41, 5.74) is 10.5. The van der Waals surface area contributed by atoms with Crippen molar-refractivity contribution in [3.05, 3.63) is 109 Å². The van der Waals surface area contributed by atoms with Gasteiger partial charge in [-0.1, -0.05) is 0 Å². The van der Waals surface area contributed by atoms with Crippen LogP contribution in [-0.4, -0.2) is 8.07 Å². The molecule has 236 valence electrons. The van der Waals surface area contributed by atoms with Gasteiger partial charge in [-0.15, -0.1) is 0 Å². The average molecular weight is 702 g/mol. The van der Waals surface area contributed by atoms with Gasteiger partial charge in [-0.2, -0.15) is 0 Å². The van der Waals surface area contributed by atoms with Crippen molar-refractivity contribution in [1.29, 1.82) is 0 Å². The summed E-state index contributed by atoms with van der Waals surface area (Å²) in [5.74, 6) is 0. The molecule has 0 saturated heterocycles. The van der Waals surface area contributed by atoms with Crippen LogP contribution in [0.3, 0.4) is 0 Å². The Morgan fingerprint density at radius 3 is 1.02 bits per heavy atom. The third kappa shape index (κ3) is 8.07. The summed E-state index contributed by atoms with van der Waals surface area (Å²) in [6.45, 7) is 21.2. The summed E-state index contributed by atoms with van der Waals surface area (Å²) >= 11 is 2.37. The standard InChI is InChI=1S/C39H51Si.3ClH.Ti/c1-10-28-19-29(11-2)23-34(22-28)40(38-18-16-17-37(38)39(7,8)9,35-24-30(12-3)20-31(13-4)25-35)36-26-32(14-5)21-33(15-6)27-36;;;;/h16,19-27H,10-15,18H2,1-9H3;3*1H;/q;;;;+3/p-3. The van der Waals surface area contributed by atoms with E-state index in [1.807, 2.05) is 0 Å². The maximum Gasteiger partial charge on any atom is -1.00 e. The topological polar surface area (TPSA) is 0 Å². The minimum atomic E-state index is -2.66. The minimum Gasteiger partial charge on any atom is -1.00 e. The largest absolute Gasteiger partial charge is 1.00 e. The van der Waals surface area contributed by atoms with Gasteiger partial charge in [0.2, 0.25) is 0 Å². The Kier molecular flexibility index (Phi) is 16.0. The fourth-order valence-corrected chi connectivity index (χ4v) is 13.9. The predicted octanol–water partition coefficient (Wildman–Crippen LogP) is -0.740. The molecular weight excluding hydrogens is 651 g/mol. The molecular formula is C39H51Cl3SiTi. The van der Waals surface area contributed by atoms with E-state index in [0.29, 0.717) is 0 Å². The molecule has 1 aliphatic carbocycles. The zero-order valence-electron chi connectivity index (χ0n) is 28.4. The Labute approximate surface area is 300 Å². The molecule has 0 N–H and O–H groups in total. The molecule has 5 heteroatoms. The van der Waals surface area contributed by atoms with Crippen molar-refractivity contribution in [3.8, 4) is 0 Å². The molecule has 0 fully saturated rings. The third-order valence-electron chi connectivity index (χ3n) is 9.19. The Morgan fingerprint density at radius 2 is 0.795 bits per heavy atom. The molecule has 1 aliphatic rings. The van der Waals surface area contributed by atoms with E-state index in [1.165, 1.54) is 37.3 Å². The SMILES string of the molecule is CCc1cc(CC)cc([Si](C2=C(C(C)(C)C)[C]([Ti+3])=CC2)(c2cc(CC)cc(CC)c2)c2cc(CC)cc(CC)c2)c1.[Cl-].[Cl-].[Cl-]. The number of rotatable bonds is 10. The van der Waals surface area contributed by atoms with E-state index >= 15 is 0 Å². The summed E-state index contributed by atoms with van der Waals surface area (Å²) in [4.78, 5) is 0. The van der Waals surface area contributed by atoms with Crippen molar-refractivity contribution in [1.82, 2.24) is 0 Å². The summed E-state index contributed by atoms with van der Waals surface area (Å²) in [7, 11) is -2.66. The molecule has 0 heterocycles. The molecule has 4 rings (SSSR count). The van der Waals surface area contributed by atoms with Gasteiger partial charge in [0, 0.05) is 0 Å². The Hall–Kier alpha value is -1.06. The van der Waals surface area contributed by atoms with Crippen LogP contribution in [0, 0.1) is 5.41 Å². The van der Waals surface area contributed by atoms with Gasteiger partial charge in [0.05, 0.1) is 0 Å². The van der Waals surface area contributed by atoms with Crippen molar-refractivity contribution >= 4 is 23.6 Å². The van der Waals surface area contributed by atoms with E-state index < -0.39 is 8.07 Å². The van der Waals surface area contributed by atoms with Crippen molar-refractivity contribution in [2.75, 3.05) is 0 Å². The van der Waals surface area contributed by atoms with Gasteiger partial charge in [0.1, 0.15) is 0 Å². The molecule has 0 aliphatic heterocycles. The van der Waals surface area contributed by atoms with Gasteiger partial charge in [-0.3, -0.25) is 0 Å². The molecule has 3 aromatic rings. The summed E-state index contributed by atoms with van der Waals surface area (Å²) < 4.78 is 1.48. The monoisotopic (exact) mass is 700 g/mol. The second kappa shape index (κ2) is 17.2. The van der Waals surface area contributed by atoms with Gasteiger partial charge in [-0.05, 0) is 0 Å². The van der Waals surface area contributed by atoms with Crippen LogP contribution in [0.5, 0.6) is 0 Å². The van der Waals surface area contributed by atoms with E-state index in [2.05, 4.69) is 143 Å². The van der Waals surface area contributed by atoms with Gasteiger partial charge in [-0.25, -0.2) is 0 Å². The van der Waals surface area contributed by atoms with Crippen LogP contribution in [-0.2, 0) is 59.0 Å². The van der Waals surface area contributed by atoms with Gasteiger partial charge < -0.3 is 37.2 Å². The summed E-state index contributed by atoms with van der Waals surface area (Å²) in [5, 5.41) is 6.46. The van der Waals surface area contributed by atoms with Crippen LogP contribution in [0.1, 0.15) is 102 Å². The molecule has 0 radical (unpaired) electrons. The van der Waals surface area contributed by atoms with E-state index in [-0.39, 0.29) is 42.6 Å². The van der Waals surface area contributed by atoms with E-state index in [4.69, 9.17) is 0 Å². The number of hydrogen-bond donors (Lipinski definition) is 0. The van der Waals surface area contributed by atoms with Gasteiger partial charge in [0.25, 0.3) is 0 Å². The van der Waals surface area contributed by atoms with E-state index in [1.54, 1.807) is 26.3 Å². The first-order valence-electron chi connectivity index (χ1n) is 16.1. The molecule has 0 saturated carbocycles. The zero-order chi connectivity index (χ0) is 29.9. The molecule has 44 heavy (non-hydrogen) atoms. The Bertz CT molecular complexity index is 1280. The van der Waals surface area contributed by atoms with Crippen molar-refractivity contribution < 1.29 is 57.7 Å². The number of hydrogen-bond acceptors (Lipinski definition) is 0. The molecule has 3 aromatic carbocycles. The minimum absolute atomic E-state index is 0. The van der Waals surface area contributed by atoms with Crippen LogP contribution in [0.4, 0.5) is 0 Å². The van der Waals surface area contributed by atoms with Crippen LogP contribution >= 0.6 is 0 Å². The molecule has 0 amide bonds. The number of halogens is 3. The Balaban J connectivity index is 0.00000323. The first kappa shape index (κ1) is 41.0. The van der Waals surface area contributed by atoms with Crippen molar-refractivity contribution in [2.24, 2.45) is 5.41 Å². The van der Waals surface area contributed by atoms with Gasteiger partial charge >= 0.3 is 265 Å². The summed E-state index contributed by atoms with van der Waals surface area (Å²) in [6.07, 6.45) is 10.00. The first-order valence-corrected chi connectivity index (χ1v) is 18.9. The number of aryl methyl sites for hydroxylation is 6. The smallest absolute Gasteiger partial charge is 1.00 e. The number of benzene rings is 3. The normalized spacial score (nSPS) is 13.2. The summed E-state index contributed by atoms with van der Waals surface area (Å²) in [6, 6.07) is 23.0. The fourth-order valence-electron chi connectivity index (χ4n) is 6.95. The van der Waals surface area contributed by atoms with Crippen molar-refractivity contribution in [2.45, 2.75) is 107 Å². The molecule has 0 atom stereocenters. The van der Waals surface area contributed by atoms with Crippen molar-refractivity contribution in [3.63, 3.8) is 0 Å². The maximum atomic E-state index is 2.61. The average Bonchev–Trinajstić information content (AvgIpc) is 3.38. The van der Waals surface area contributed by atoms with Gasteiger partial charge in [0.15, 0.2) is 0 Å². The zero-order valence-corrected chi connectivity index (χ0v) is 33.2. The molecule has 0 bridgehead atoms. The van der Waals surface area contributed by atoms with E-state index in [9.17, 15) is 0 Å². The van der Waals surface area contributed by atoms with Crippen LogP contribution in [0.25, 0.3) is 0 Å². The second-order valence-electron chi connectivity index (χ2n) is 12.9. The predicted molar refractivity (Wildman–Crippen MR) is 179 cm³/mol. The van der Waals surface area contributed by atoms with Crippen LogP contribution in [0.2, 0.25) is 0 Å². The van der Waals surface area contributed by atoms with Crippen LogP contribution < -0.4 is 52.8 Å². The third-order valence-corrected chi connectivity index (χ3v) is 14.7. The van der Waals surface area contributed by atoms with E-state index in [0.717, 1.165) is 44.9 Å². The Morgan fingerprint density at radius 1 is 0.523 bits per heavy atom. The second-order valence-corrected chi connectivity index (χ2v) is 17.6. The molecule has 0 spiro atoms. The molecule has 0 aromatic heterocycles. The molecule has 0 unspecified atom stereocenters. The van der Waals surface area contributed by atoms with Crippen LogP contribution in [0.15, 0.2) is 75.3 Å². The molecule has 0 nitrogen and oxygen atoms in total. The maximum absolute atomic E-state index is 2.66.